The first-order valence-electron chi connectivity index (χ1n) is 2.51. The van der Waals surface area contributed by atoms with Crippen LogP contribution in [0.3, 0.4) is 0 Å². The maximum atomic E-state index is 2.30. The average Bonchev–Trinajstić information content (AvgIpc) is 1.77. The molecule has 0 bridgehead atoms. The summed E-state index contributed by atoms with van der Waals surface area (Å²) in [5.41, 5.74) is 1.32. The van der Waals surface area contributed by atoms with Gasteiger partial charge >= 0.3 is 0 Å². The highest BCUT2D eigenvalue weighted by molar-refractivity contribution is 14.1. The Balaban J connectivity index is 0.000000640. The van der Waals surface area contributed by atoms with Gasteiger partial charge in [-0.2, -0.15) is 9.90 Å². The quantitative estimate of drug-likeness (QED) is 0.492. The highest BCUT2D eigenvalue weighted by atomic mass is 127. The predicted octanol–water partition coefficient (Wildman–Crippen LogP) is 2.66. The van der Waals surface area contributed by atoms with Crippen molar-refractivity contribution in [3.8, 4) is 0 Å². The van der Waals surface area contributed by atoms with Crippen molar-refractivity contribution >= 4 is 32.5 Å². The Morgan fingerprint density at radius 3 is 1.89 bits per heavy atom. The van der Waals surface area contributed by atoms with E-state index in [9.17, 15) is 0 Å². The molecule has 0 spiro atoms. The third-order valence-corrected chi connectivity index (χ3v) is 1.73. The van der Waals surface area contributed by atoms with Crippen molar-refractivity contribution in [3.05, 3.63) is 33.4 Å². The first-order valence-corrected chi connectivity index (χ1v) is 3.59. The summed E-state index contributed by atoms with van der Waals surface area (Å²) in [6, 6.07) is 8.44. The van der Waals surface area contributed by atoms with Crippen LogP contribution < -0.4 is 0 Å². The van der Waals surface area contributed by atoms with Crippen molar-refractivity contribution in [3.63, 3.8) is 0 Å². The minimum absolute atomic E-state index is 0. The predicted molar refractivity (Wildman–Crippen MR) is 55.0 cm³/mol. The molecule has 0 radical (unpaired) electrons. The largest absolute Gasteiger partial charge is 0.153 e. The number of hydrogen-bond acceptors (Lipinski definition) is 0. The van der Waals surface area contributed by atoms with Crippen LogP contribution in [0.1, 0.15) is 5.56 Å². The minimum Gasteiger partial charge on any atom is -0.153 e. The number of hydrogen-bond donors (Lipinski definition) is 0. The second-order valence-corrected chi connectivity index (χ2v) is 3.04. The van der Waals surface area contributed by atoms with E-state index in [1.54, 1.807) is 0 Å². The highest BCUT2D eigenvalue weighted by Crippen LogP contribution is 2.04. The van der Waals surface area contributed by atoms with E-state index in [1.807, 2.05) is 0 Å². The molecule has 0 N–H and O–H groups in total. The molecule has 50 valence electrons. The van der Waals surface area contributed by atoms with Crippen molar-refractivity contribution in [1.29, 1.82) is 0 Å². The lowest BCUT2D eigenvalue weighted by Crippen LogP contribution is -1.69. The fourth-order valence-electron chi connectivity index (χ4n) is 0.533. The van der Waals surface area contributed by atoms with Crippen molar-refractivity contribution in [1.82, 2.24) is 0 Å². The van der Waals surface area contributed by atoms with Gasteiger partial charge < -0.3 is 0 Å². The summed E-state index contributed by atoms with van der Waals surface area (Å²) in [7, 11) is 0. The molecule has 1 unspecified atom stereocenters. The fourth-order valence-corrected chi connectivity index (χ4v) is 0.893. The summed E-state index contributed by atoms with van der Waals surface area (Å²) in [4.78, 5) is 0. The molecule has 1 atom stereocenters. The van der Waals surface area contributed by atoms with Gasteiger partial charge in [-0.3, -0.25) is 0 Å². The standard InChI is InChI=1S/C7H7I.H3P/c1-6-2-4-7(8)5-3-6;/h2-5H,1H3;1H3. The van der Waals surface area contributed by atoms with Gasteiger partial charge in [0.15, 0.2) is 0 Å². The molecular formula is C7H10IP. The van der Waals surface area contributed by atoms with E-state index in [4.69, 9.17) is 0 Å². The van der Waals surface area contributed by atoms with Crippen molar-refractivity contribution in [2.45, 2.75) is 6.92 Å². The summed E-state index contributed by atoms with van der Waals surface area (Å²) in [5.74, 6) is 0. The Hall–Kier alpha value is 0.380. The molecule has 0 saturated carbocycles. The third kappa shape index (κ3) is 3.17. The maximum Gasteiger partial charge on any atom is 0.0130 e. The van der Waals surface area contributed by atoms with Crippen LogP contribution in [0.15, 0.2) is 24.3 Å². The molecule has 0 aliphatic heterocycles. The van der Waals surface area contributed by atoms with Crippen LogP contribution in [-0.2, 0) is 0 Å². The fraction of sp³-hybridized carbons (Fsp3) is 0.143. The molecule has 0 fully saturated rings. The van der Waals surface area contributed by atoms with E-state index in [2.05, 4.69) is 53.8 Å². The van der Waals surface area contributed by atoms with Gasteiger partial charge in [0.1, 0.15) is 0 Å². The summed E-state index contributed by atoms with van der Waals surface area (Å²) >= 11 is 2.30. The average molecular weight is 252 g/mol. The Labute approximate surface area is 72.8 Å². The SMILES string of the molecule is Cc1ccc(I)cc1.P. The van der Waals surface area contributed by atoms with Crippen LogP contribution in [0.5, 0.6) is 0 Å². The lowest BCUT2D eigenvalue weighted by atomic mass is 10.2. The second-order valence-electron chi connectivity index (χ2n) is 1.80. The Bertz CT molecular complexity index is 148. The second kappa shape index (κ2) is 4.24. The van der Waals surface area contributed by atoms with Gasteiger partial charge in [0.05, 0.1) is 0 Å². The van der Waals surface area contributed by atoms with Gasteiger partial charge in [-0.1, -0.05) is 17.7 Å². The van der Waals surface area contributed by atoms with Crippen LogP contribution >= 0.6 is 32.5 Å². The van der Waals surface area contributed by atoms with E-state index >= 15 is 0 Å². The smallest absolute Gasteiger partial charge is 0.0130 e. The van der Waals surface area contributed by atoms with Crippen LogP contribution in [0.2, 0.25) is 0 Å². The van der Waals surface area contributed by atoms with E-state index < -0.39 is 0 Å². The number of rotatable bonds is 0. The normalized spacial score (nSPS) is 8.22. The van der Waals surface area contributed by atoms with Gasteiger partial charge in [0.25, 0.3) is 0 Å². The summed E-state index contributed by atoms with van der Waals surface area (Å²) in [6.45, 7) is 2.09. The molecule has 1 aromatic carbocycles. The highest BCUT2D eigenvalue weighted by Gasteiger charge is 1.81. The lowest BCUT2D eigenvalue weighted by molar-refractivity contribution is 1.46. The van der Waals surface area contributed by atoms with E-state index in [0.29, 0.717) is 0 Å². The lowest BCUT2D eigenvalue weighted by Gasteiger charge is -1.88. The maximum absolute atomic E-state index is 2.30. The van der Waals surface area contributed by atoms with Gasteiger partial charge in [0, 0.05) is 3.57 Å². The molecule has 2 heteroatoms. The molecule has 1 rings (SSSR count). The minimum atomic E-state index is 0. The molecule has 0 aliphatic carbocycles. The van der Waals surface area contributed by atoms with Crippen LogP contribution in [-0.4, -0.2) is 0 Å². The van der Waals surface area contributed by atoms with Gasteiger partial charge in [-0.15, -0.1) is 0 Å². The first kappa shape index (κ1) is 9.38. The molecule has 0 aromatic heterocycles. The molecule has 0 amide bonds. The Kier molecular flexibility index (Phi) is 4.41. The molecule has 0 saturated heterocycles. The first-order chi connectivity index (χ1) is 3.79. The van der Waals surface area contributed by atoms with Crippen molar-refractivity contribution < 1.29 is 0 Å². The summed E-state index contributed by atoms with van der Waals surface area (Å²) in [6.07, 6.45) is 0. The Morgan fingerprint density at radius 2 is 1.56 bits per heavy atom. The van der Waals surface area contributed by atoms with Crippen molar-refractivity contribution in [2.75, 3.05) is 0 Å². The molecular weight excluding hydrogens is 242 g/mol. The molecule has 0 nitrogen and oxygen atoms in total. The van der Waals surface area contributed by atoms with Gasteiger partial charge in [0.2, 0.25) is 0 Å². The molecule has 0 aliphatic rings. The summed E-state index contributed by atoms with van der Waals surface area (Å²) in [5, 5.41) is 0. The van der Waals surface area contributed by atoms with Crippen LogP contribution in [0.25, 0.3) is 0 Å². The van der Waals surface area contributed by atoms with Crippen molar-refractivity contribution in [2.24, 2.45) is 0 Å². The third-order valence-electron chi connectivity index (χ3n) is 1.01. The van der Waals surface area contributed by atoms with E-state index in [-0.39, 0.29) is 9.90 Å². The molecule has 1 aromatic rings. The zero-order valence-corrected chi connectivity index (χ0v) is 8.97. The number of aryl methyl sites for hydroxylation is 1. The topological polar surface area (TPSA) is 0 Å². The van der Waals surface area contributed by atoms with Crippen LogP contribution in [0, 0.1) is 10.5 Å². The molecule has 9 heavy (non-hydrogen) atoms. The number of halogens is 1. The van der Waals surface area contributed by atoms with E-state index in [0.717, 1.165) is 0 Å². The van der Waals surface area contributed by atoms with Crippen LogP contribution in [0.4, 0.5) is 0 Å². The Morgan fingerprint density at radius 1 is 1.11 bits per heavy atom. The zero-order chi connectivity index (χ0) is 5.98. The van der Waals surface area contributed by atoms with E-state index in [1.165, 1.54) is 9.13 Å². The van der Waals surface area contributed by atoms with Gasteiger partial charge in [-0.05, 0) is 41.6 Å². The monoisotopic (exact) mass is 252 g/mol. The summed E-state index contributed by atoms with van der Waals surface area (Å²) < 4.78 is 1.30. The molecule has 0 heterocycles. The zero-order valence-electron chi connectivity index (χ0n) is 5.39. The van der Waals surface area contributed by atoms with Gasteiger partial charge in [-0.25, -0.2) is 0 Å². The number of benzene rings is 1.